The van der Waals surface area contributed by atoms with Gasteiger partial charge in [-0.2, -0.15) is 0 Å². The average Bonchev–Trinajstić information content (AvgIpc) is 2.29. The maximum atomic E-state index is 11.8. The molecule has 5 nitrogen and oxygen atoms in total. The lowest BCUT2D eigenvalue weighted by atomic mass is 10.2. The fraction of sp³-hybridized carbons (Fsp3) is 0.429. The van der Waals surface area contributed by atoms with Crippen LogP contribution in [0.1, 0.15) is 38.1 Å². The highest BCUT2D eigenvalue weighted by Gasteiger charge is 2.19. The molecule has 0 saturated heterocycles. The Morgan fingerprint density at radius 3 is 2.50 bits per heavy atom. The smallest absolute Gasteiger partial charge is 0.412 e. The van der Waals surface area contributed by atoms with Crippen LogP contribution in [-0.2, 0) is 9.47 Å². The van der Waals surface area contributed by atoms with Crippen LogP contribution in [0.25, 0.3) is 0 Å². The maximum Gasteiger partial charge on any atom is 0.412 e. The molecule has 0 fully saturated rings. The summed E-state index contributed by atoms with van der Waals surface area (Å²) in [5, 5.41) is 2.89. The predicted octanol–water partition coefficient (Wildman–Crippen LogP) is 3.86. The first-order valence-corrected chi connectivity index (χ1v) is 6.57. The second-order valence-electron chi connectivity index (χ2n) is 5.04. The van der Waals surface area contributed by atoms with Crippen molar-refractivity contribution < 1.29 is 19.1 Å². The van der Waals surface area contributed by atoms with Gasteiger partial charge in [-0.1, -0.05) is 11.6 Å². The molecule has 0 atom stereocenters. The summed E-state index contributed by atoms with van der Waals surface area (Å²) in [6.07, 6.45) is -0.648. The summed E-state index contributed by atoms with van der Waals surface area (Å²) in [6.45, 7) is 7.18. The third-order valence-corrected chi connectivity index (χ3v) is 2.35. The standard InChI is InChI=1S/C14H18ClNO4/c1-5-19-12(17)10-8-9(15)6-7-11(10)16-13(18)20-14(2,3)4/h6-8H,5H2,1-4H3,(H,16,18). The first kappa shape index (κ1) is 16.3. The molecule has 1 aromatic carbocycles. The number of carbonyl (C=O) groups is 2. The number of anilines is 1. The lowest BCUT2D eigenvalue weighted by molar-refractivity contribution is 0.0527. The van der Waals surface area contributed by atoms with E-state index < -0.39 is 17.7 Å². The number of amides is 1. The summed E-state index contributed by atoms with van der Waals surface area (Å²) >= 11 is 5.85. The van der Waals surface area contributed by atoms with E-state index in [9.17, 15) is 9.59 Å². The molecule has 0 spiro atoms. The lowest BCUT2D eigenvalue weighted by Gasteiger charge is -2.20. The van der Waals surface area contributed by atoms with E-state index in [-0.39, 0.29) is 12.2 Å². The summed E-state index contributed by atoms with van der Waals surface area (Å²) in [5.41, 5.74) is -0.145. The zero-order valence-corrected chi connectivity index (χ0v) is 12.7. The van der Waals surface area contributed by atoms with E-state index in [0.717, 1.165) is 0 Å². The number of hydrogen-bond donors (Lipinski definition) is 1. The molecular formula is C14H18ClNO4. The van der Waals surface area contributed by atoms with Gasteiger partial charge in [0.15, 0.2) is 0 Å². The van der Waals surface area contributed by atoms with Gasteiger partial charge in [-0.05, 0) is 45.9 Å². The van der Waals surface area contributed by atoms with Crippen LogP contribution in [0.3, 0.4) is 0 Å². The Kier molecular flexibility index (Phi) is 5.39. The molecule has 0 aliphatic heterocycles. The van der Waals surface area contributed by atoms with Crippen LogP contribution in [-0.4, -0.2) is 24.3 Å². The predicted molar refractivity (Wildman–Crippen MR) is 77.3 cm³/mol. The molecule has 0 aliphatic rings. The fourth-order valence-corrected chi connectivity index (χ4v) is 1.59. The molecule has 6 heteroatoms. The molecule has 20 heavy (non-hydrogen) atoms. The summed E-state index contributed by atoms with van der Waals surface area (Å²) in [6, 6.07) is 4.53. The van der Waals surface area contributed by atoms with Crippen molar-refractivity contribution in [3.63, 3.8) is 0 Å². The molecule has 0 heterocycles. The van der Waals surface area contributed by atoms with Gasteiger partial charge in [0.05, 0.1) is 17.9 Å². The van der Waals surface area contributed by atoms with Gasteiger partial charge in [0.1, 0.15) is 5.60 Å². The highest BCUT2D eigenvalue weighted by Crippen LogP contribution is 2.22. The zero-order chi connectivity index (χ0) is 15.3. The van der Waals surface area contributed by atoms with E-state index in [0.29, 0.717) is 10.7 Å². The first-order chi connectivity index (χ1) is 9.23. The van der Waals surface area contributed by atoms with Gasteiger partial charge in [-0.15, -0.1) is 0 Å². The lowest BCUT2D eigenvalue weighted by Crippen LogP contribution is -2.27. The summed E-state index contributed by atoms with van der Waals surface area (Å²) in [7, 11) is 0. The van der Waals surface area contributed by atoms with Gasteiger partial charge in [0.25, 0.3) is 0 Å². The Labute approximate surface area is 123 Å². The number of esters is 1. The van der Waals surface area contributed by atoms with Crippen LogP contribution in [0, 0.1) is 0 Å². The molecule has 0 radical (unpaired) electrons. The molecule has 1 aromatic rings. The van der Waals surface area contributed by atoms with Crippen LogP contribution in [0.5, 0.6) is 0 Å². The highest BCUT2D eigenvalue weighted by atomic mass is 35.5. The van der Waals surface area contributed by atoms with Crippen molar-refractivity contribution in [2.45, 2.75) is 33.3 Å². The maximum absolute atomic E-state index is 11.8. The zero-order valence-electron chi connectivity index (χ0n) is 12.0. The SMILES string of the molecule is CCOC(=O)c1cc(Cl)ccc1NC(=O)OC(C)(C)C. The number of rotatable bonds is 3. The monoisotopic (exact) mass is 299 g/mol. The molecule has 0 bridgehead atoms. The Morgan fingerprint density at radius 2 is 1.95 bits per heavy atom. The van der Waals surface area contributed by atoms with Crippen molar-refractivity contribution in [2.75, 3.05) is 11.9 Å². The van der Waals surface area contributed by atoms with Crippen molar-refractivity contribution in [3.05, 3.63) is 28.8 Å². The van der Waals surface area contributed by atoms with Crippen molar-refractivity contribution >= 4 is 29.4 Å². The minimum atomic E-state index is -0.648. The number of benzene rings is 1. The van der Waals surface area contributed by atoms with E-state index in [1.807, 2.05) is 0 Å². The van der Waals surface area contributed by atoms with E-state index >= 15 is 0 Å². The molecule has 0 aromatic heterocycles. The number of hydrogen-bond acceptors (Lipinski definition) is 4. The highest BCUT2D eigenvalue weighted by molar-refractivity contribution is 6.31. The van der Waals surface area contributed by atoms with Gasteiger partial charge in [0.2, 0.25) is 0 Å². The van der Waals surface area contributed by atoms with E-state index in [4.69, 9.17) is 21.1 Å². The van der Waals surface area contributed by atoms with E-state index in [1.165, 1.54) is 12.1 Å². The van der Waals surface area contributed by atoms with E-state index in [2.05, 4.69) is 5.32 Å². The summed E-state index contributed by atoms with van der Waals surface area (Å²) < 4.78 is 10.0. The minimum absolute atomic E-state index is 0.185. The van der Waals surface area contributed by atoms with Gasteiger partial charge in [-0.25, -0.2) is 9.59 Å². The summed E-state index contributed by atoms with van der Waals surface area (Å²) in [5.74, 6) is -0.555. The average molecular weight is 300 g/mol. The molecule has 1 amide bonds. The molecule has 110 valence electrons. The normalized spacial score (nSPS) is 10.8. The van der Waals surface area contributed by atoms with E-state index in [1.54, 1.807) is 33.8 Å². The minimum Gasteiger partial charge on any atom is -0.462 e. The molecule has 0 saturated carbocycles. The van der Waals surface area contributed by atoms with Gasteiger partial charge >= 0.3 is 12.1 Å². The van der Waals surface area contributed by atoms with Gasteiger partial charge < -0.3 is 9.47 Å². The number of ether oxygens (including phenoxy) is 2. The largest absolute Gasteiger partial charge is 0.462 e. The number of carbonyl (C=O) groups excluding carboxylic acids is 2. The van der Waals surface area contributed by atoms with Gasteiger partial charge in [-0.3, -0.25) is 5.32 Å². The molecule has 1 N–H and O–H groups in total. The molecule has 0 unspecified atom stereocenters. The van der Waals surface area contributed by atoms with Crippen LogP contribution in [0.4, 0.5) is 10.5 Å². The quantitative estimate of drug-likeness (QED) is 0.861. The molecule has 0 aliphatic carbocycles. The Bertz CT molecular complexity index is 508. The van der Waals surface area contributed by atoms with Crippen LogP contribution in [0.15, 0.2) is 18.2 Å². The van der Waals surface area contributed by atoms with Crippen molar-refractivity contribution in [1.82, 2.24) is 0 Å². The second-order valence-corrected chi connectivity index (χ2v) is 5.47. The van der Waals surface area contributed by atoms with Crippen LogP contribution >= 0.6 is 11.6 Å². The molecular weight excluding hydrogens is 282 g/mol. The third-order valence-electron chi connectivity index (χ3n) is 2.11. The molecule has 1 rings (SSSR count). The first-order valence-electron chi connectivity index (χ1n) is 6.19. The fourth-order valence-electron chi connectivity index (χ4n) is 1.42. The van der Waals surface area contributed by atoms with Crippen LogP contribution in [0.2, 0.25) is 5.02 Å². The topological polar surface area (TPSA) is 64.6 Å². The number of halogens is 1. The Hall–Kier alpha value is -1.75. The summed E-state index contributed by atoms with van der Waals surface area (Å²) in [4.78, 5) is 23.5. The van der Waals surface area contributed by atoms with Crippen molar-refractivity contribution in [3.8, 4) is 0 Å². The van der Waals surface area contributed by atoms with Crippen molar-refractivity contribution in [2.24, 2.45) is 0 Å². The second kappa shape index (κ2) is 6.61. The third kappa shape index (κ3) is 5.09. The van der Waals surface area contributed by atoms with Crippen LogP contribution < -0.4 is 5.32 Å². The number of nitrogens with one attached hydrogen (secondary N) is 1. The Balaban J connectivity index is 2.94. The van der Waals surface area contributed by atoms with Crippen molar-refractivity contribution in [1.29, 1.82) is 0 Å². The van der Waals surface area contributed by atoms with Gasteiger partial charge in [0, 0.05) is 5.02 Å². The Morgan fingerprint density at radius 1 is 1.30 bits per heavy atom.